The van der Waals surface area contributed by atoms with Gasteiger partial charge in [-0.15, -0.1) is 11.8 Å². The third-order valence-corrected chi connectivity index (χ3v) is 3.67. The van der Waals surface area contributed by atoms with Crippen LogP contribution in [0.5, 0.6) is 0 Å². The second-order valence-corrected chi connectivity index (χ2v) is 5.32. The number of carbonyl (C=O) groups is 1. The molecule has 2 rings (SSSR count). The molecule has 0 radical (unpaired) electrons. The SMILES string of the molecule is CSc1ccc(CN(C)C(=O)c2cccc(=O)[nH]2)cc1. The lowest BCUT2D eigenvalue weighted by atomic mass is 10.2. The van der Waals surface area contributed by atoms with Gasteiger partial charge in [0.2, 0.25) is 5.56 Å². The summed E-state index contributed by atoms with van der Waals surface area (Å²) in [6.07, 6.45) is 2.02. The monoisotopic (exact) mass is 288 g/mol. The number of nitrogens with one attached hydrogen (secondary N) is 1. The number of nitrogens with zero attached hydrogens (tertiary/aromatic N) is 1. The lowest BCUT2D eigenvalue weighted by Crippen LogP contribution is -2.28. The van der Waals surface area contributed by atoms with Crippen LogP contribution in [-0.2, 0) is 6.54 Å². The van der Waals surface area contributed by atoms with Crippen LogP contribution in [0.2, 0.25) is 0 Å². The minimum atomic E-state index is -0.270. The van der Waals surface area contributed by atoms with Crippen LogP contribution in [0, 0.1) is 0 Å². The standard InChI is InChI=1S/C15H16N2O2S/c1-17(10-11-6-8-12(20-2)9-7-11)15(19)13-4-3-5-14(18)16-13/h3-9H,10H2,1-2H3,(H,16,18). The predicted octanol–water partition coefficient (Wildman–Crippen LogP) is 2.37. The summed E-state index contributed by atoms with van der Waals surface area (Å²) in [5.74, 6) is -0.198. The van der Waals surface area contributed by atoms with E-state index in [1.54, 1.807) is 35.8 Å². The number of thioether (sulfide) groups is 1. The highest BCUT2D eigenvalue weighted by Gasteiger charge is 2.12. The van der Waals surface area contributed by atoms with Gasteiger partial charge in [-0.1, -0.05) is 18.2 Å². The quantitative estimate of drug-likeness (QED) is 0.879. The zero-order valence-corrected chi connectivity index (χ0v) is 12.2. The lowest BCUT2D eigenvalue weighted by molar-refractivity contribution is 0.0779. The molecule has 1 amide bonds. The minimum Gasteiger partial charge on any atom is -0.336 e. The Balaban J connectivity index is 2.09. The smallest absolute Gasteiger partial charge is 0.270 e. The van der Waals surface area contributed by atoms with Crippen LogP contribution in [0.4, 0.5) is 0 Å². The van der Waals surface area contributed by atoms with Crippen molar-refractivity contribution in [3.05, 3.63) is 64.1 Å². The molecule has 5 heteroatoms. The summed E-state index contributed by atoms with van der Waals surface area (Å²) in [5, 5.41) is 0. The van der Waals surface area contributed by atoms with E-state index in [9.17, 15) is 9.59 Å². The molecular weight excluding hydrogens is 272 g/mol. The molecule has 1 aromatic carbocycles. The van der Waals surface area contributed by atoms with Crippen molar-refractivity contribution >= 4 is 17.7 Å². The molecule has 1 aromatic heterocycles. The number of aromatic amines is 1. The highest BCUT2D eigenvalue weighted by molar-refractivity contribution is 7.98. The molecule has 4 nitrogen and oxygen atoms in total. The van der Waals surface area contributed by atoms with Crippen LogP contribution in [0.15, 0.2) is 52.2 Å². The fraction of sp³-hybridized carbons (Fsp3) is 0.200. The van der Waals surface area contributed by atoms with E-state index in [1.807, 2.05) is 30.5 Å². The van der Waals surface area contributed by atoms with Crippen LogP contribution in [0.1, 0.15) is 16.1 Å². The number of pyridine rings is 1. The number of benzene rings is 1. The van der Waals surface area contributed by atoms with Crippen molar-refractivity contribution < 1.29 is 4.79 Å². The minimum absolute atomic E-state index is 0.198. The summed E-state index contributed by atoms with van der Waals surface area (Å²) < 4.78 is 0. The number of hydrogen-bond acceptors (Lipinski definition) is 3. The van der Waals surface area contributed by atoms with Crippen molar-refractivity contribution in [3.63, 3.8) is 0 Å². The first kappa shape index (κ1) is 14.4. The molecule has 0 spiro atoms. The molecule has 0 aliphatic rings. The van der Waals surface area contributed by atoms with Gasteiger partial charge in [-0.2, -0.15) is 0 Å². The third kappa shape index (κ3) is 3.51. The fourth-order valence-corrected chi connectivity index (χ4v) is 2.26. The van der Waals surface area contributed by atoms with Gasteiger partial charge < -0.3 is 9.88 Å². The number of H-pyrrole nitrogens is 1. The molecule has 104 valence electrons. The van der Waals surface area contributed by atoms with E-state index in [0.717, 1.165) is 5.56 Å². The van der Waals surface area contributed by atoms with Gasteiger partial charge in [0.25, 0.3) is 5.91 Å². The summed E-state index contributed by atoms with van der Waals surface area (Å²) in [7, 11) is 1.72. The van der Waals surface area contributed by atoms with E-state index in [-0.39, 0.29) is 11.5 Å². The zero-order valence-electron chi connectivity index (χ0n) is 11.4. The van der Waals surface area contributed by atoms with E-state index >= 15 is 0 Å². The van der Waals surface area contributed by atoms with Crippen LogP contribution >= 0.6 is 11.8 Å². The average Bonchev–Trinajstić information content (AvgIpc) is 2.47. The van der Waals surface area contributed by atoms with Gasteiger partial charge in [0.15, 0.2) is 0 Å². The maximum Gasteiger partial charge on any atom is 0.270 e. The fourth-order valence-electron chi connectivity index (χ4n) is 1.85. The highest BCUT2D eigenvalue weighted by Crippen LogP contribution is 2.15. The van der Waals surface area contributed by atoms with Crippen LogP contribution in [0.3, 0.4) is 0 Å². The predicted molar refractivity (Wildman–Crippen MR) is 81.1 cm³/mol. The lowest BCUT2D eigenvalue weighted by Gasteiger charge is -2.17. The molecular formula is C15H16N2O2S. The first-order valence-corrected chi connectivity index (χ1v) is 7.40. The Morgan fingerprint density at radius 2 is 1.90 bits per heavy atom. The Bertz CT molecular complexity index is 649. The summed E-state index contributed by atoms with van der Waals surface area (Å²) in [6.45, 7) is 0.504. The molecule has 0 bridgehead atoms. The number of aromatic nitrogens is 1. The van der Waals surface area contributed by atoms with Crippen LogP contribution in [0.25, 0.3) is 0 Å². The number of hydrogen-bond donors (Lipinski definition) is 1. The summed E-state index contributed by atoms with van der Waals surface area (Å²) in [5.41, 5.74) is 1.09. The molecule has 1 heterocycles. The van der Waals surface area contributed by atoms with Gasteiger partial charge in [0.05, 0.1) is 0 Å². The van der Waals surface area contributed by atoms with E-state index in [2.05, 4.69) is 4.98 Å². The Labute approximate surface area is 121 Å². The van der Waals surface area contributed by atoms with Crippen LogP contribution < -0.4 is 5.56 Å². The van der Waals surface area contributed by atoms with Crippen molar-refractivity contribution in [2.45, 2.75) is 11.4 Å². The van der Waals surface area contributed by atoms with Gasteiger partial charge >= 0.3 is 0 Å². The molecule has 0 unspecified atom stereocenters. The number of amides is 1. The second-order valence-electron chi connectivity index (χ2n) is 4.44. The molecule has 0 fully saturated rings. The first-order valence-electron chi connectivity index (χ1n) is 6.18. The molecule has 0 aliphatic heterocycles. The first-order chi connectivity index (χ1) is 9.60. The van der Waals surface area contributed by atoms with Crippen molar-refractivity contribution in [1.82, 2.24) is 9.88 Å². The molecule has 2 aromatic rings. The molecule has 0 saturated heterocycles. The van der Waals surface area contributed by atoms with Crippen LogP contribution in [-0.4, -0.2) is 29.1 Å². The van der Waals surface area contributed by atoms with Gasteiger partial charge in [-0.25, -0.2) is 0 Å². The van der Waals surface area contributed by atoms with E-state index in [0.29, 0.717) is 12.2 Å². The van der Waals surface area contributed by atoms with Gasteiger partial charge in [0.1, 0.15) is 5.69 Å². The van der Waals surface area contributed by atoms with E-state index in [4.69, 9.17) is 0 Å². The normalized spacial score (nSPS) is 10.3. The second kappa shape index (κ2) is 6.43. The topological polar surface area (TPSA) is 53.2 Å². The van der Waals surface area contributed by atoms with Gasteiger partial charge in [0, 0.05) is 24.6 Å². The number of rotatable bonds is 4. The molecule has 0 aliphatic carbocycles. The van der Waals surface area contributed by atoms with Gasteiger partial charge in [-0.05, 0) is 30.0 Å². The largest absolute Gasteiger partial charge is 0.336 e. The molecule has 0 atom stereocenters. The number of carbonyl (C=O) groups excluding carboxylic acids is 1. The summed E-state index contributed by atoms with van der Waals surface area (Å²) in [6, 6.07) is 12.6. The van der Waals surface area contributed by atoms with Crippen molar-refractivity contribution in [1.29, 1.82) is 0 Å². The molecule has 20 heavy (non-hydrogen) atoms. The molecule has 1 N–H and O–H groups in total. The Hall–Kier alpha value is -2.01. The summed E-state index contributed by atoms with van der Waals surface area (Å²) >= 11 is 1.68. The third-order valence-electron chi connectivity index (χ3n) is 2.92. The Morgan fingerprint density at radius 1 is 1.20 bits per heavy atom. The maximum absolute atomic E-state index is 12.2. The maximum atomic E-state index is 12.2. The van der Waals surface area contributed by atoms with E-state index < -0.39 is 0 Å². The summed E-state index contributed by atoms with van der Waals surface area (Å²) in [4.78, 5) is 28.7. The van der Waals surface area contributed by atoms with Crippen molar-refractivity contribution in [2.24, 2.45) is 0 Å². The van der Waals surface area contributed by atoms with Crippen molar-refractivity contribution in [3.8, 4) is 0 Å². The van der Waals surface area contributed by atoms with Gasteiger partial charge in [-0.3, -0.25) is 9.59 Å². The zero-order chi connectivity index (χ0) is 14.5. The average molecular weight is 288 g/mol. The Kier molecular flexibility index (Phi) is 4.63. The Morgan fingerprint density at radius 3 is 2.50 bits per heavy atom. The van der Waals surface area contributed by atoms with E-state index in [1.165, 1.54) is 11.0 Å². The van der Waals surface area contributed by atoms with Crippen molar-refractivity contribution in [2.75, 3.05) is 13.3 Å². The highest BCUT2D eigenvalue weighted by atomic mass is 32.2. The molecule has 0 saturated carbocycles.